The Morgan fingerprint density at radius 2 is 1.68 bits per heavy atom. The lowest BCUT2D eigenvalue weighted by Gasteiger charge is -2.26. The molecule has 1 aliphatic heterocycles. The Labute approximate surface area is 237 Å². The van der Waals surface area contributed by atoms with Crippen LogP contribution in [0.1, 0.15) is 44.3 Å². The highest BCUT2D eigenvalue weighted by Gasteiger charge is 2.31. The van der Waals surface area contributed by atoms with Crippen molar-refractivity contribution in [2.75, 3.05) is 0 Å². The van der Waals surface area contributed by atoms with Gasteiger partial charge in [-0.05, 0) is 49.2 Å². The van der Waals surface area contributed by atoms with Crippen molar-refractivity contribution in [2.24, 2.45) is 5.73 Å². The monoisotopic (exact) mass is 542 g/mol. The van der Waals surface area contributed by atoms with Crippen LogP contribution in [0.5, 0.6) is 17.2 Å². The van der Waals surface area contributed by atoms with E-state index in [2.05, 4.69) is 18.2 Å². The van der Waals surface area contributed by atoms with Crippen molar-refractivity contribution in [3.8, 4) is 23.3 Å². The first-order valence-corrected chi connectivity index (χ1v) is 13.1. The number of carbonyl (C=O) groups excluding carboxylic acids is 1. The number of ether oxygens (including phenoxy) is 3. The van der Waals surface area contributed by atoms with Crippen molar-refractivity contribution in [2.45, 2.75) is 26.4 Å². The van der Waals surface area contributed by atoms with Crippen LogP contribution in [-0.2, 0) is 6.61 Å². The fourth-order valence-electron chi connectivity index (χ4n) is 4.97. The summed E-state index contributed by atoms with van der Waals surface area (Å²) in [7, 11) is 0. The molecule has 0 saturated carbocycles. The molecule has 0 saturated heterocycles. The molecule has 0 aliphatic carbocycles. The van der Waals surface area contributed by atoms with Gasteiger partial charge in [-0.2, -0.15) is 5.26 Å². The highest BCUT2D eigenvalue weighted by molar-refractivity contribution is 5.96. The maximum absolute atomic E-state index is 13.0. The number of furan rings is 1. The van der Waals surface area contributed by atoms with Gasteiger partial charge in [0.05, 0.1) is 5.92 Å². The summed E-state index contributed by atoms with van der Waals surface area (Å²) in [5.41, 5.74) is 11.6. The van der Waals surface area contributed by atoms with Crippen LogP contribution in [0.25, 0.3) is 11.0 Å². The molecule has 0 bridgehead atoms. The molecule has 0 spiro atoms. The van der Waals surface area contributed by atoms with Crippen LogP contribution in [0.2, 0.25) is 0 Å². The standard InChI is InChI=1S/C34H26N2O5/c1-20-7-9-22(10-8-20)19-38-24-13-11-23(12-14-24)31-27-16-15-25(17-30(27)41-33(36)28(31)18-35)39-34(37)32-21(2)26-5-3-4-6-29(26)40-32/h3-17,31H,19,36H2,1-2H3. The Balaban J connectivity index is 1.24. The zero-order valence-corrected chi connectivity index (χ0v) is 22.5. The maximum atomic E-state index is 13.0. The molecule has 2 heterocycles. The molecule has 41 heavy (non-hydrogen) atoms. The molecule has 1 aromatic heterocycles. The number of benzene rings is 4. The Kier molecular flexibility index (Phi) is 6.66. The number of allylic oxidation sites excluding steroid dienone is 1. The number of para-hydroxylation sites is 1. The van der Waals surface area contributed by atoms with E-state index in [1.807, 2.05) is 68.4 Å². The zero-order chi connectivity index (χ0) is 28.5. The molecule has 1 atom stereocenters. The Bertz CT molecular complexity index is 1840. The maximum Gasteiger partial charge on any atom is 0.379 e. The summed E-state index contributed by atoms with van der Waals surface area (Å²) in [5, 5.41) is 10.8. The molecule has 1 aliphatic rings. The molecular weight excluding hydrogens is 516 g/mol. The topological polar surface area (TPSA) is 108 Å². The number of hydrogen-bond donors (Lipinski definition) is 1. The summed E-state index contributed by atoms with van der Waals surface area (Å²) < 4.78 is 23.1. The van der Waals surface area contributed by atoms with E-state index in [0.29, 0.717) is 34.8 Å². The number of hydrogen-bond acceptors (Lipinski definition) is 7. The summed E-state index contributed by atoms with van der Waals surface area (Å²) in [6.45, 7) is 4.31. The van der Waals surface area contributed by atoms with Crippen molar-refractivity contribution in [3.63, 3.8) is 0 Å². The van der Waals surface area contributed by atoms with E-state index in [9.17, 15) is 10.1 Å². The van der Waals surface area contributed by atoms with E-state index >= 15 is 0 Å². The van der Waals surface area contributed by atoms with E-state index < -0.39 is 11.9 Å². The van der Waals surface area contributed by atoms with E-state index in [1.54, 1.807) is 24.3 Å². The van der Waals surface area contributed by atoms with Crippen LogP contribution >= 0.6 is 0 Å². The molecule has 6 rings (SSSR count). The van der Waals surface area contributed by atoms with E-state index in [1.165, 1.54) is 5.56 Å². The van der Waals surface area contributed by atoms with Crippen LogP contribution in [-0.4, -0.2) is 5.97 Å². The highest BCUT2D eigenvalue weighted by Crippen LogP contribution is 2.44. The Morgan fingerprint density at radius 1 is 0.951 bits per heavy atom. The lowest BCUT2D eigenvalue weighted by atomic mass is 9.83. The largest absolute Gasteiger partial charge is 0.489 e. The van der Waals surface area contributed by atoms with Crippen molar-refractivity contribution in [1.29, 1.82) is 5.26 Å². The van der Waals surface area contributed by atoms with Gasteiger partial charge in [0.1, 0.15) is 41.1 Å². The van der Waals surface area contributed by atoms with Crippen LogP contribution in [0, 0.1) is 25.2 Å². The fourth-order valence-corrected chi connectivity index (χ4v) is 4.97. The van der Waals surface area contributed by atoms with Crippen LogP contribution in [0.4, 0.5) is 0 Å². The summed E-state index contributed by atoms with van der Waals surface area (Å²) in [4.78, 5) is 13.0. The minimum Gasteiger partial charge on any atom is -0.489 e. The lowest BCUT2D eigenvalue weighted by molar-refractivity contribution is 0.0702. The third-order valence-corrected chi connectivity index (χ3v) is 7.17. The average Bonchev–Trinajstić information content (AvgIpc) is 3.33. The summed E-state index contributed by atoms with van der Waals surface area (Å²) in [6, 6.07) is 30.4. The molecular formula is C34H26N2O5. The van der Waals surface area contributed by atoms with E-state index in [4.69, 9.17) is 24.4 Å². The molecule has 0 radical (unpaired) electrons. The predicted molar refractivity (Wildman–Crippen MR) is 154 cm³/mol. The summed E-state index contributed by atoms with van der Waals surface area (Å²) in [5.74, 6) is 0.434. The second-order valence-corrected chi connectivity index (χ2v) is 9.91. The van der Waals surface area contributed by atoms with Gasteiger partial charge in [0.25, 0.3) is 0 Å². The van der Waals surface area contributed by atoms with Gasteiger partial charge in [-0.15, -0.1) is 0 Å². The van der Waals surface area contributed by atoms with Gasteiger partial charge < -0.3 is 24.4 Å². The predicted octanol–water partition coefficient (Wildman–Crippen LogP) is 7.07. The molecule has 0 fully saturated rings. The van der Waals surface area contributed by atoms with Crippen LogP contribution in [0.15, 0.2) is 107 Å². The Morgan fingerprint density at radius 3 is 2.41 bits per heavy atom. The van der Waals surface area contributed by atoms with Crippen molar-refractivity contribution < 1.29 is 23.4 Å². The first kappa shape index (κ1) is 25.8. The number of rotatable bonds is 6. The van der Waals surface area contributed by atoms with Gasteiger partial charge in [0.15, 0.2) is 0 Å². The second kappa shape index (κ2) is 10.6. The van der Waals surface area contributed by atoms with Crippen LogP contribution in [0.3, 0.4) is 0 Å². The molecule has 4 aromatic carbocycles. The third-order valence-electron chi connectivity index (χ3n) is 7.17. The van der Waals surface area contributed by atoms with Gasteiger partial charge in [0, 0.05) is 22.6 Å². The highest BCUT2D eigenvalue weighted by atomic mass is 16.5. The third kappa shape index (κ3) is 4.99. The van der Waals surface area contributed by atoms with Gasteiger partial charge in [0.2, 0.25) is 11.6 Å². The number of nitrogens with two attached hydrogens (primary N) is 1. The van der Waals surface area contributed by atoms with E-state index in [-0.39, 0.29) is 17.4 Å². The number of esters is 1. The Hall–Kier alpha value is -5.48. The minimum absolute atomic E-state index is 0.00121. The number of fused-ring (bicyclic) bond motifs is 2. The SMILES string of the molecule is Cc1ccc(COc2ccc(C3C(C#N)=C(N)Oc4cc(OC(=O)c5oc6ccccc6c5C)ccc43)cc2)cc1. The van der Waals surface area contributed by atoms with Crippen LogP contribution < -0.4 is 19.9 Å². The molecule has 5 aromatic rings. The molecule has 1 unspecified atom stereocenters. The quantitative estimate of drug-likeness (QED) is 0.181. The molecule has 7 nitrogen and oxygen atoms in total. The molecule has 202 valence electrons. The smallest absolute Gasteiger partial charge is 0.379 e. The molecule has 7 heteroatoms. The first-order valence-electron chi connectivity index (χ1n) is 13.1. The summed E-state index contributed by atoms with van der Waals surface area (Å²) in [6.07, 6.45) is 0. The zero-order valence-electron chi connectivity index (χ0n) is 22.5. The van der Waals surface area contributed by atoms with Gasteiger partial charge >= 0.3 is 5.97 Å². The van der Waals surface area contributed by atoms with E-state index in [0.717, 1.165) is 22.1 Å². The second-order valence-electron chi connectivity index (χ2n) is 9.91. The minimum atomic E-state index is -0.617. The normalized spacial score (nSPS) is 14.2. The number of nitriles is 1. The molecule has 0 amide bonds. The lowest BCUT2D eigenvalue weighted by Crippen LogP contribution is -2.21. The van der Waals surface area contributed by atoms with Crippen molar-refractivity contribution in [3.05, 3.63) is 136 Å². The average molecular weight is 543 g/mol. The number of aryl methyl sites for hydroxylation is 2. The fraction of sp³-hybridized carbons (Fsp3) is 0.118. The summed E-state index contributed by atoms with van der Waals surface area (Å²) >= 11 is 0. The first-order chi connectivity index (χ1) is 19.9. The van der Waals surface area contributed by atoms with Gasteiger partial charge in [-0.1, -0.05) is 66.2 Å². The van der Waals surface area contributed by atoms with Gasteiger partial charge in [-0.25, -0.2) is 4.79 Å². The van der Waals surface area contributed by atoms with Crippen molar-refractivity contribution >= 4 is 16.9 Å². The number of carbonyl (C=O) groups is 1. The van der Waals surface area contributed by atoms with Crippen molar-refractivity contribution in [1.82, 2.24) is 0 Å². The number of nitrogens with zero attached hydrogens (tertiary/aromatic N) is 1. The van der Waals surface area contributed by atoms with Gasteiger partial charge in [-0.3, -0.25) is 0 Å². The molecule has 2 N–H and O–H groups in total.